The van der Waals surface area contributed by atoms with E-state index in [1.54, 1.807) is 12.3 Å². The minimum Gasteiger partial charge on any atom is -0.468 e. The summed E-state index contributed by atoms with van der Waals surface area (Å²) in [4.78, 5) is 6.83. The van der Waals surface area contributed by atoms with Crippen molar-refractivity contribution >= 4 is 0 Å². The van der Waals surface area contributed by atoms with Gasteiger partial charge < -0.3 is 13.7 Å². The van der Waals surface area contributed by atoms with Crippen LogP contribution in [0.25, 0.3) is 0 Å². The number of nitrogens with zero attached hydrogens (tertiary/aromatic N) is 3. The summed E-state index contributed by atoms with van der Waals surface area (Å²) in [6, 6.07) is 3.94. The molecule has 2 aromatic heterocycles. The van der Waals surface area contributed by atoms with E-state index in [0.717, 1.165) is 44.4 Å². The summed E-state index contributed by atoms with van der Waals surface area (Å²) >= 11 is 0. The van der Waals surface area contributed by atoms with E-state index in [4.69, 9.17) is 9.15 Å². The van der Waals surface area contributed by atoms with Crippen LogP contribution in [0.4, 0.5) is 0 Å². The van der Waals surface area contributed by atoms with Crippen LogP contribution in [0.15, 0.2) is 47.9 Å². The molecule has 1 aliphatic heterocycles. The molecular formula is C16H21N3O2. The smallest absolute Gasteiger partial charge is 0.122 e. The van der Waals surface area contributed by atoms with Gasteiger partial charge in [0.15, 0.2) is 0 Å². The molecule has 112 valence electrons. The number of rotatable bonds is 6. The third-order valence-corrected chi connectivity index (χ3v) is 3.69. The van der Waals surface area contributed by atoms with Gasteiger partial charge in [-0.2, -0.15) is 0 Å². The first-order valence-electron chi connectivity index (χ1n) is 7.28. The molecule has 0 radical (unpaired) electrons. The van der Waals surface area contributed by atoms with Crippen LogP contribution >= 0.6 is 0 Å². The second kappa shape index (κ2) is 6.74. The molecule has 0 N–H and O–H groups in total. The van der Waals surface area contributed by atoms with E-state index >= 15 is 0 Å². The van der Waals surface area contributed by atoms with Crippen LogP contribution in [0.3, 0.4) is 0 Å². The zero-order chi connectivity index (χ0) is 14.5. The first-order valence-corrected chi connectivity index (χ1v) is 7.28. The lowest BCUT2D eigenvalue weighted by Gasteiger charge is -2.22. The molecule has 0 aromatic carbocycles. The van der Waals surface area contributed by atoms with E-state index in [0.29, 0.717) is 12.5 Å². The third-order valence-electron chi connectivity index (χ3n) is 3.69. The van der Waals surface area contributed by atoms with Crippen molar-refractivity contribution in [2.45, 2.75) is 19.6 Å². The Morgan fingerprint density at radius 3 is 3.24 bits per heavy atom. The maximum absolute atomic E-state index is 5.65. The predicted octanol–water partition coefficient (Wildman–Crippen LogP) is 2.31. The van der Waals surface area contributed by atoms with E-state index in [1.165, 1.54) is 0 Å². The van der Waals surface area contributed by atoms with Crippen molar-refractivity contribution in [2.24, 2.45) is 5.92 Å². The maximum atomic E-state index is 5.65. The summed E-state index contributed by atoms with van der Waals surface area (Å²) in [6.07, 6.45) is 7.43. The summed E-state index contributed by atoms with van der Waals surface area (Å²) in [6.45, 7) is 8.59. The Labute approximate surface area is 124 Å². The summed E-state index contributed by atoms with van der Waals surface area (Å²) in [5, 5.41) is 0. The summed E-state index contributed by atoms with van der Waals surface area (Å²) in [7, 11) is 0. The molecule has 2 aromatic rings. The Morgan fingerprint density at radius 2 is 2.43 bits per heavy atom. The maximum Gasteiger partial charge on any atom is 0.122 e. The number of hydrogen-bond acceptors (Lipinski definition) is 4. The van der Waals surface area contributed by atoms with E-state index in [-0.39, 0.29) is 0 Å². The minimum atomic E-state index is 0.440. The van der Waals surface area contributed by atoms with E-state index in [9.17, 15) is 0 Å². The lowest BCUT2D eigenvalue weighted by Crippen LogP contribution is -2.30. The summed E-state index contributed by atoms with van der Waals surface area (Å²) < 4.78 is 13.3. The molecule has 5 nitrogen and oxygen atoms in total. The average Bonchev–Trinajstić information content (AvgIpc) is 3.09. The monoisotopic (exact) mass is 287 g/mol. The van der Waals surface area contributed by atoms with Gasteiger partial charge in [-0.1, -0.05) is 6.08 Å². The van der Waals surface area contributed by atoms with Crippen LogP contribution in [0.1, 0.15) is 11.6 Å². The highest BCUT2D eigenvalue weighted by molar-refractivity contribution is 5.00. The standard InChI is InChI=1S/C16H21N3O2/c1-2-7-20-13-14-9-18(11-15-4-3-8-21-15)12-16-17-5-6-19(16)10-14/h2-6,8,14H,1,7,9-13H2. The topological polar surface area (TPSA) is 43.4 Å². The van der Waals surface area contributed by atoms with Gasteiger partial charge in [0.05, 0.1) is 32.6 Å². The molecule has 3 rings (SSSR count). The fourth-order valence-corrected chi connectivity index (χ4v) is 2.79. The second-order valence-corrected chi connectivity index (χ2v) is 5.44. The molecular weight excluding hydrogens is 266 g/mol. The molecule has 0 bridgehead atoms. The number of hydrogen-bond donors (Lipinski definition) is 0. The molecule has 1 aliphatic rings. The quantitative estimate of drug-likeness (QED) is 0.604. The van der Waals surface area contributed by atoms with Crippen molar-refractivity contribution in [3.05, 3.63) is 55.0 Å². The fraction of sp³-hybridized carbons (Fsp3) is 0.438. The van der Waals surface area contributed by atoms with Gasteiger partial charge in [0.25, 0.3) is 0 Å². The van der Waals surface area contributed by atoms with Crippen molar-refractivity contribution in [3.63, 3.8) is 0 Å². The van der Waals surface area contributed by atoms with Crippen molar-refractivity contribution in [2.75, 3.05) is 19.8 Å². The van der Waals surface area contributed by atoms with Gasteiger partial charge in [-0.05, 0) is 12.1 Å². The number of aromatic nitrogens is 2. The minimum absolute atomic E-state index is 0.440. The van der Waals surface area contributed by atoms with Gasteiger partial charge in [-0.3, -0.25) is 4.90 Å². The molecule has 5 heteroatoms. The van der Waals surface area contributed by atoms with E-state index < -0.39 is 0 Å². The Bertz CT molecular complexity index is 562. The highest BCUT2D eigenvalue weighted by Gasteiger charge is 2.23. The number of furan rings is 1. The first kappa shape index (κ1) is 14.1. The lowest BCUT2D eigenvalue weighted by molar-refractivity contribution is 0.0924. The molecule has 0 amide bonds. The van der Waals surface area contributed by atoms with Crippen LogP contribution in [-0.2, 0) is 24.4 Å². The summed E-state index contributed by atoms with van der Waals surface area (Å²) in [5.74, 6) is 2.53. The highest BCUT2D eigenvalue weighted by Crippen LogP contribution is 2.18. The van der Waals surface area contributed by atoms with Gasteiger partial charge in [-0.15, -0.1) is 6.58 Å². The van der Waals surface area contributed by atoms with Crippen molar-refractivity contribution < 1.29 is 9.15 Å². The number of fused-ring (bicyclic) bond motifs is 1. The Kier molecular flexibility index (Phi) is 4.52. The van der Waals surface area contributed by atoms with Crippen LogP contribution in [0.5, 0.6) is 0 Å². The van der Waals surface area contributed by atoms with Gasteiger partial charge >= 0.3 is 0 Å². The number of ether oxygens (including phenoxy) is 1. The molecule has 21 heavy (non-hydrogen) atoms. The molecule has 0 saturated heterocycles. The molecule has 3 heterocycles. The molecule has 0 fully saturated rings. The molecule has 0 saturated carbocycles. The van der Waals surface area contributed by atoms with Gasteiger partial charge in [0.1, 0.15) is 11.6 Å². The van der Waals surface area contributed by atoms with Crippen LogP contribution in [0.2, 0.25) is 0 Å². The van der Waals surface area contributed by atoms with Crippen LogP contribution in [0, 0.1) is 5.92 Å². The molecule has 1 unspecified atom stereocenters. The number of imidazole rings is 1. The Balaban J connectivity index is 1.69. The van der Waals surface area contributed by atoms with Gasteiger partial charge in [0.2, 0.25) is 0 Å². The Morgan fingerprint density at radius 1 is 1.48 bits per heavy atom. The normalized spacial score (nSPS) is 19.1. The van der Waals surface area contributed by atoms with E-state index in [2.05, 4.69) is 21.0 Å². The highest BCUT2D eigenvalue weighted by atomic mass is 16.5. The second-order valence-electron chi connectivity index (χ2n) is 5.44. The lowest BCUT2D eigenvalue weighted by atomic mass is 10.1. The SMILES string of the molecule is C=CCOCC1CN(Cc2ccco2)Cc2nccn2C1. The van der Waals surface area contributed by atoms with Crippen LogP contribution < -0.4 is 0 Å². The molecule has 1 atom stereocenters. The van der Waals surface area contributed by atoms with Gasteiger partial charge in [0, 0.05) is 31.4 Å². The Hall–Kier alpha value is -1.85. The average molecular weight is 287 g/mol. The molecule has 0 aliphatic carbocycles. The van der Waals surface area contributed by atoms with Crippen molar-refractivity contribution in [1.82, 2.24) is 14.5 Å². The van der Waals surface area contributed by atoms with Crippen molar-refractivity contribution in [3.8, 4) is 0 Å². The van der Waals surface area contributed by atoms with Gasteiger partial charge in [-0.25, -0.2) is 4.98 Å². The molecule has 0 spiro atoms. The predicted molar refractivity (Wildman–Crippen MR) is 79.6 cm³/mol. The first-order chi connectivity index (χ1) is 10.3. The zero-order valence-electron chi connectivity index (χ0n) is 12.1. The third kappa shape index (κ3) is 3.62. The summed E-state index contributed by atoms with van der Waals surface area (Å²) in [5.41, 5.74) is 0. The fourth-order valence-electron chi connectivity index (χ4n) is 2.79. The van der Waals surface area contributed by atoms with Crippen LogP contribution in [-0.4, -0.2) is 34.2 Å². The van der Waals surface area contributed by atoms with Crippen molar-refractivity contribution in [1.29, 1.82) is 0 Å². The largest absolute Gasteiger partial charge is 0.468 e. The zero-order valence-corrected chi connectivity index (χ0v) is 12.1. The van der Waals surface area contributed by atoms with E-state index in [1.807, 2.05) is 24.5 Å².